The molecule has 1 amide bonds. The predicted molar refractivity (Wildman–Crippen MR) is 88.9 cm³/mol. The number of carbonyl (C=O) groups excluding carboxylic acids is 1. The van der Waals surface area contributed by atoms with Crippen LogP contribution in [0.4, 0.5) is 11.5 Å². The van der Waals surface area contributed by atoms with Crippen molar-refractivity contribution >= 4 is 42.2 Å². The SMILES string of the molecule is C[C@H]1OCCN[C@@H]1C(=O)Nc1ccc(N(C)C)cn1.Cl.Cl. The van der Waals surface area contributed by atoms with Gasteiger partial charge in [-0.05, 0) is 19.1 Å². The molecule has 0 unspecified atom stereocenters. The number of nitrogens with one attached hydrogen (secondary N) is 2. The zero-order chi connectivity index (χ0) is 13.8. The predicted octanol–water partition coefficient (Wildman–Crippen LogP) is 1.31. The Morgan fingerprint density at radius 1 is 1.43 bits per heavy atom. The van der Waals surface area contributed by atoms with Gasteiger partial charge in [-0.25, -0.2) is 4.98 Å². The van der Waals surface area contributed by atoms with Crippen molar-refractivity contribution in [1.29, 1.82) is 0 Å². The van der Waals surface area contributed by atoms with Crippen LogP contribution in [0.3, 0.4) is 0 Å². The summed E-state index contributed by atoms with van der Waals surface area (Å²) in [6.45, 7) is 3.22. The number of hydrogen-bond acceptors (Lipinski definition) is 5. The van der Waals surface area contributed by atoms with E-state index in [0.717, 1.165) is 5.69 Å². The van der Waals surface area contributed by atoms with E-state index >= 15 is 0 Å². The van der Waals surface area contributed by atoms with E-state index < -0.39 is 0 Å². The first kappa shape index (κ1) is 19.9. The Labute approximate surface area is 137 Å². The van der Waals surface area contributed by atoms with E-state index in [9.17, 15) is 4.79 Å². The summed E-state index contributed by atoms with van der Waals surface area (Å²) in [5, 5.41) is 5.94. The summed E-state index contributed by atoms with van der Waals surface area (Å²) in [5.74, 6) is 0.437. The molecule has 0 bridgehead atoms. The minimum absolute atomic E-state index is 0. The maximum Gasteiger partial charge on any atom is 0.245 e. The second-order valence-corrected chi connectivity index (χ2v) is 4.79. The van der Waals surface area contributed by atoms with Gasteiger partial charge in [0.2, 0.25) is 5.91 Å². The third-order valence-corrected chi connectivity index (χ3v) is 3.11. The number of pyridine rings is 1. The average molecular weight is 337 g/mol. The molecule has 0 aromatic carbocycles. The van der Waals surface area contributed by atoms with Crippen molar-refractivity contribution < 1.29 is 9.53 Å². The van der Waals surface area contributed by atoms with Gasteiger partial charge in [0.15, 0.2) is 0 Å². The Hall–Kier alpha value is -1.08. The van der Waals surface area contributed by atoms with Crippen LogP contribution in [0.15, 0.2) is 18.3 Å². The first-order chi connectivity index (χ1) is 9.08. The fourth-order valence-electron chi connectivity index (χ4n) is 1.96. The van der Waals surface area contributed by atoms with Crippen molar-refractivity contribution in [2.24, 2.45) is 0 Å². The van der Waals surface area contributed by atoms with Crippen LogP contribution in [-0.2, 0) is 9.53 Å². The van der Waals surface area contributed by atoms with Gasteiger partial charge >= 0.3 is 0 Å². The quantitative estimate of drug-likeness (QED) is 0.871. The summed E-state index contributed by atoms with van der Waals surface area (Å²) in [4.78, 5) is 18.3. The summed E-state index contributed by atoms with van der Waals surface area (Å²) < 4.78 is 5.45. The molecule has 1 aromatic rings. The number of nitrogens with zero attached hydrogens (tertiary/aromatic N) is 2. The highest BCUT2D eigenvalue weighted by molar-refractivity contribution is 5.94. The Morgan fingerprint density at radius 3 is 2.67 bits per heavy atom. The van der Waals surface area contributed by atoms with E-state index in [1.165, 1.54) is 0 Å². The van der Waals surface area contributed by atoms with Crippen molar-refractivity contribution in [2.45, 2.75) is 19.1 Å². The van der Waals surface area contributed by atoms with E-state index in [1.807, 2.05) is 32.0 Å². The van der Waals surface area contributed by atoms with Gasteiger partial charge in [0.25, 0.3) is 0 Å². The normalized spacial score (nSPS) is 20.7. The Bertz CT molecular complexity index is 442. The van der Waals surface area contributed by atoms with Crippen molar-refractivity contribution in [2.75, 3.05) is 37.5 Å². The molecule has 0 aliphatic carbocycles. The first-order valence-corrected chi connectivity index (χ1v) is 6.37. The molecule has 1 fully saturated rings. The molecule has 1 aliphatic rings. The molecular weight excluding hydrogens is 315 g/mol. The van der Waals surface area contributed by atoms with Crippen molar-refractivity contribution in [3.05, 3.63) is 18.3 Å². The third-order valence-electron chi connectivity index (χ3n) is 3.11. The molecule has 21 heavy (non-hydrogen) atoms. The molecule has 0 saturated carbocycles. The molecule has 120 valence electrons. The second-order valence-electron chi connectivity index (χ2n) is 4.79. The number of carbonyl (C=O) groups is 1. The topological polar surface area (TPSA) is 66.5 Å². The highest BCUT2D eigenvalue weighted by atomic mass is 35.5. The maximum absolute atomic E-state index is 12.1. The van der Waals surface area contributed by atoms with Gasteiger partial charge in [-0.1, -0.05) is 0 Å². The van der Waals surface area contributed by atoms with Crippen molar-refractivity contribution in [3.63, 3.8) is 0 Å². The molecule has 0 spiro atoms. The average Bonchev–Trinajstić information content (AvgIpc) is 2.39. The molecule has 6 nitrogen and oxygen atoms in total. The zero-order valence-corrected chi connectivity index (χ0v) is 14.0. The van der Waals surface area contributed by atoms with Crippen LogP contribution in [0.1, 0.15) is 6.92 Å². The van der Waals surface area contributed by atoms with E-state index in [4.69, 9.17) is 4.74 Å². The largest absolute Gasteiger partial charge is 0.376 e. The third kappa shape index (κ3) is 5.32. The highest BCUT2D eigenvalue weighted by Gasteiger charge is 2.28. The molecule has 2 heterocycles. The van der Waals surface area contributed by atoms with Crippen LogP contribution in [0.2, 0.25) is 0 Å². The molecule has 1 aliphatic heterocycles. The molecule has 0 radical (unpaired) electrons. The number of anilines is 2. The minimum atomic E-state index is -0.330. The van der Waals surface area contributed by atoms with Crippen LogP contribution in [0.5, 0.6) is 0 Å². The standard InChI is InChI=1S/C13H20N4O2.2ClH/c1-9-12(14-6-7-19-9)13(18)16-11-5-4-10(8-15-11)17(2)3;;/h4-5,8-9,12,14H,6-7H2,1-3H3,(H,15,16,18);2*1H/t9-,12+;;/m1../s1. The molecule has 8 heteroatoms. The number of ether oxygens (including phenoxy) is 1. The van der Waals surface area contributed by atoms with E-state index in [-0.39, 0.29) is 42.9 Å². The number of aromatic nitrogens is 1. The van der Waals surface area contributed by atoms with Crippen LogP contribution in [-0.4, -0.2) is 50.3 Å². The molecule has 2 atom stereocenters. The summed E-state index contributed by atoms with van der Waals surface area (Å²) in [6, 6.07) is 3.38. The lowest BCUT2D eigenvalue weighted by atomic mass is 10.1. The zero-order valence-electron chi connectivity index (χ0n) is 12.3. The molecular formula is C13H22Cl2N4O2. The second kappa shape index (κ2) is 9.04. The summed E-state index contributed by atoms with van der Waals surface area (Å²) in [6.07, 6.45) is 1.60. The van der Waals surface area contributed by atoms with E-state index in [2.05, 4.69) is 15.6 Å². The van der Waals surface area contributed by atoms with Crippen LogP contribution in [0, 0.1) is 0 Å². The lowest BCUT2D eigenvalue weighted by Gasteiger charge is -2.29. The van der Waals surface area contributed by atoms with Gasteiger partial charge in [-0.3, -0.25) is 4.79 Å². The molecule has 1 saturated heterocycles. The Morgan fingerprint density at radius 2 is 2.14 bits per heavy atom. The van der Waals surface area contributed by atoms with Gasteiger partial charge in [-0.15, -0.1) is 24.8 Å². The smallest absolute Gasteiger partial charge is 0.245 e. The lowest BCUT2D eigenvalue weighted by Crippen LogP contribution is -2.53. The number of halogens is 2. The van der Waals surface area contributed by atoms with Gasteiger partial charge in [0.1, 0.15) is 11.9 Å². The van der Waals surface area contributed by atoms with E-state index in [0.29, 0.717) is 19.0 Å². The monoisotopic (exact) mass is 336 g/mol. The first-order valence-electron chi connectivity index (χ1n) is 6.37. The minimum Gasteiger partial charge on any atom is -0.376 e. The lowest BCUT2D eigenvalue weighted by molar-refractivity contribution is -0.123. The van der Waals surface area contributed by atoms with Gasteiger partial charge in [0.05, 0.1) is 24.6 Å². The van der Waals surface area contributed by atoms with Gasteiger partial charge in [0, 0.05) is 20.6 Å². The summed E-state index contributed by atoms with van der Waals surface area (Å²) in [7, 11) is 3.89. The van der Waals surface area contributed by atoms with Crippen LogP contribution >= 0.6 is 24.8 Å². The molecule has 2 N–H and O–H groups in total. The molecule has 1 aromatic heterocycles. The van der Waals surface area contributed by atoms with Crippen LogP contribution < -0.4 is 15.5 Å². The summed E-state index contributed by atoms with van der Waals surface area (Å²) in [5.41, 5.74) is 0.991. The molecule has 2 rings (SSSR count). The number of hydrogen-bond donors (Lipinski definition) is 2. The number of amides is 1. The Balaban J connectivity index is 0.00000200. The van der Waals surface area contributed by atoms with Crippen LogP contribution in [0.25, 0.3) is 0 Å². The fraction of sp³-hybridized carbons (Fsp3) is 0.538. The van der Waals surface area contributed by atoms with Crippen molar-refractivity contribution in [3.8, 4) is 0 Å². The van der Waals surface area contributed by atoms with Gasteiger partial charge < -0.3 is 20.3 Å². The maximum atomic E-state index is 12.1. The van der Waals surface area contributed by atoms with E-state index in [1.54, 1.807) is 12.3 Å². The Kier molecular flexibility index (Phi) is 8.58. The number of rotatable bonds is 3. The number of morpholine rings is 1. The van der Waals surface area contributed by atoms with Crippen molar-refractivity contribution in [1.82, 2.24) is 10.3 Å². The highest BCUT2D eigenvalue weighted by Crippen LogP contribution is 2.13. The van der Waals surface area contributed by atoms with Gasteiger partial charge in [-0.2, -0.15) is 0 Å². The fourth-order valence-corrected chi connectivity index (χ4v) is 1.96. The summed E-state index contributed by atoms with van der Waals surface area (Å²) >= 11 is 0.